The SMILES string of the molecule is CC(C)c1c(C(=O)N2CCC(N)CC2)cnn1-c1ccc(F)cc1.Cl. The number of hydrogen-bond donors (Lipinski definition) is 1. The molecule has 1 aliphatic rings. The summed E-state index contributed by atoms with van der Waals surface area (Å²) < 4.78 is 14.9. The van der Waals surface area contributed by atoms with Gasteiger partial charge >= 0.3 is 0 Å². The van der Waals surface area contributed by atoms with Gasteiger partial charge in [0.15, 0.2) is 0 Å². The Morgan fingerprint density at radius 1 is 1.24 bits per heavy atom. The largest absolute Gasteiger partial charge is 0.338 e. The molecule has 5 nitrogen and oxygen atoms in total. The molecule has 2 aromatic rings. The Hall–Kier alpha value is -1.92. The van der Waals surface area contributed by atoms with Gasteiger partial charge in [0.2, 0.25) is 0 Å². The van der Waals surface area contributed by atoms with Crippen LogP contribution in [0, 0.1) is 5.82 Å². The third-order valence-electron chi connectivity index (χ3n) is 4.48. The molecular weight excluding hydrogens is 343 g/mol. The van der Waals surface area contributed by atoms with Crippen LogP contribution in [0.2, 0.25) is 0 Å². The van der Waals surface area contributed by atoms with E-state index in [0.717, 1.165) is 24.2 Å². The zero-order chi connectivity index (χ0) is 17.3. The summed E-state index contributed by atoms with van der Waals surface area (Å²) in [4.78, 5) is 14.8. The zero-order valence-electron chi connectivity index (χ0n) is 14.5. The number of carbonyl (C=O) groups is 1. The fraction of sp³-hybridized carbons (Fsp3) is 0.444. The number of nitrogens with two attached hydrogens (primary N) is 1. The lowest BCUT2D eigenvalue weighted by Gasteiger charge is -2.30. The highest BCUT2D eigenvalue weighted by Gasteiger charge is 2.27. The Morgan fingerprint density at radius 3 is 2.40 bits per heavy atom. The van der Waals surface area contributed by atoms with E-state index in [1.54, 1.807) is 23.0 Å². The highest BCUT2D eigenvalue weighted by atomic mass is 35.5. The maximum absolute atomic E-state index is 13.2. The Bertz CT molecular complexity index is 721. The molecule has 0 atom stereocenters. The summed E-state index contributed by atoms with van der Waals surface area (Å²) in [6.07, 6.45) is 3.28. The van der Waals surface area contributed by atoms with Crippen molar-refractivity contribution in [2.75, 3.05) is 13.1 Å². The standard InChI is InChI=1S/C18H23FN4O.ClH/c1-12(2)17-16(18(24)22-9-7-14(20)8-10-22)11-21-23(17)15-5-3-13(19)4-6-15;/h3-6,11-12,14H,7-10,20H2,1-2H3;1H. The second-order valence-electron chi connectivity index (χ2n) is 6.62. The van der Waals surface area contributed by atoms with Crippen molar-refractivity contribution in [3.05, 3.63) is 47.5 Å². The van der Waals surface area contributed by atoms with Gasteiger partial charge in [-0.05, 0) is 43.0 Å². The first-order valence-electron chi connectivity index (χ1n) is 8.36. The lowest BCUT2D eigenvalue weighted by atomic mass is 10.0. The first-order chi connectivity index (χ1) is 11.5. The minimum Gasteiger partial charge on any atom is -0.338 e. The van der Waals surface area contributed by atoms with Crippen LogP contribution in [0.15, 0.2) is 30.5 Å². The molecule has 2 N–H and O–H groups in total. The number of carbonyl (C=O) groups excluding carboxylic acids is 1. The number of nitrogens with zero attached hydrogens (tertiary/aromatic N) is 3. The molecule has 0 aliphatic carbocycles. The molecule has 1 amide bonds. The van der Waals surface area contributed by atoms with E-state index < -0.39 is 0 Å². The average molecular weight is 367 g/mol. The van der Waals surface area contributed by atoms with Gasteiger partial charge in [-0.1, -0.05) is 13.8 Å². The van der Waals surface area contributed by atoms with Crippen LogP contribution in [0.4, 0.5) is 4.39 Å². The Labute approximate surface area is 153 Å². The summed E-state index contributed by atoms with van der Waals surface area (Å²) in [5.74, 6) is -0.180. The van der Waals surface area contributed by atoms with E-state index in [9.17, 15) is 9.18 Å². The number of rotatable bonds is 3. The van der Waals surface area contributed by atoms with Crippen molar-refractivity contribution in [1.29, 1.82) is 0 Å². The van der Waals surface area contributed by atoms with Gasteiger partial charge in [0.1, 0.15) is 5.82 Å². The second kappa shape index (κ2) is 7.97. The molecule has 1 aromatic heterocycles. The minimum atomic E-state index is -0.294. The van der Waals surface area contributed by atoms with Gasteiger partial charge in [-0.2, -0.15) is 5.10 Å². The van der Waals surface area contributed by atoms with Crippen molar-refractivity contribution in [2.45, 2.75) is 38.6 Å². The molecule has 7 heteroatoms. The number of amides is 1. The number of hydrogen-bond acceptors (Lipinski definition) is 3. The van der Waals surface area contributed by atoms with Gasteiger partial charge < -0.3 is 10.6 Å². The second-order valence-corrected chi connectivity index (χ2v) is 6.62. The number of piperidine rings is 1. The minimum absolute atomic E-state index is 0. The number of benzene rings is 1. The molecule has 25 heavy (non-hydrogen) atoms. The van der Waals surface area contributed by atoms with Crippen LogP contribution in [0.1, 0.15) is 48.7 Å². The third kappa shape index (κ3) is 4.02. The van der Waals surface area contributed by atoms with Gasteiger partial charge in [-0.25, -0.2) is 9.07 Å². The molecule has 1 fully saturated rings. The molecule has 0 spiro atoms. The van der Waals surface area contributed by atoms with Crippen LogP contribution < -0.4 is 5.73 Å². The maximum atomic E-state index is 13.2. The van der Waals surface area contributed by atoms with Crippen LogP contribution in [-0.4, -0.2) is 39.7 Å². The number of likely N-dealkylation sites (tertiary alicyclic amines) is 1. The van der Waals surface area contributed by atoms with E-state index in [1.807, 2.05) is 18.7 Å². The van der Waals surface area contributed by atoms with Crippen LogP contribution in [0.5, 0.6) is 0 Å². The number of halogens is 2. The first kappa shape index (κ1) is 19.4. The van der Waals surface area contributed by atoms with Gasteiger partial charge in [0.05, 0.1) is 23.1 Å². The Kier molecular flexibility index (Phi) is 6.19. The highest BCUT2D eigenvalue weighted by Crippen LogP contribution is 2.25. The lowest BCUT2D eigenvalue weighted by molar-refractivity contribution is 0.0713. The van der Waals surface area contributed by atoms with E-state index in [-0.39, 0.29) is 36.1 Å². The fourth-order valence-electron chi connectivity index (χ4n) is 3.14. The van der Waals surface area contributed by atoms with E-state index in [2.05, 4.69) is 5.10 Å². The quantitative estimate of drug-likeness (QED) is 0.907. The van der Waals surface area contributed by atoms with Crippen molar-refractivity contribution < 1.29 is 9.18 Å². The lowest BCUT2D eigenvalue weighted by Crippen LogP contribution is -2.43. The molecule has 1 aromatic carbocycles. The summed E-state index contributed by atoms with van der Waals surface area (Å²) in [5, 5.41) is 4.39. The molecule has 3 rings (SSSR count). The molecule has 0 radical (unpaired) electrons. The fourth-order valence-corrected chi connectivity index (χ4v) is 3.14. The Morgan fingerprint density at radius 2 is 1.84 bits per heavy atom. The molecule has 1 saturated heterocycles. The van der Waals surface area contributed by atoms with E-state index in [4.69, 9.17) is 5.73 Å². The van der Waals surface area contributed by atoms with E-state index in [1.165, 1.54) is 12.1 Å². The molecule has 136 valence electrons. The molecule has 1 aliphatic heterocycles. The third-order valence-corrected chi connectivity index (χ3v) is 4.48. The van der Waals surface area contributed by atoms with Gasteiger partial charge in [0, 0.05) is 19.1 Å². The normalized spacial score (nSPS) is 15.3. The monoisotopic (exact) mass is 366 g/mol. The van der Waals surface area contributed by atoms with E-state index in [0.29, 0.717) is 18.7 Å². The summed E-state index contributed by atoms with van der Waals surface area (Å²) in [6.45, 7) is 5.42. The topological polar surface area (TPSA) is 64.2 Å². The predicted octanol–water partition coefficient (Wildman–Crippen LogP) is 3.12. The van der Waals surface area contributed by atoms with Crippen molar-refractivity contribution >= 4 is 18.3 Å². The van der Waals surface area contributed by atoms with Crippen molar-refractivity contribution in [3.8, 4) is 5.69 Å². The summed E-state index contributed by atoms with van der Waals surface area (Å²) in [5.41, 5.74) is 8.14. The van der Waals surface area contributed by atoms with Crippen LogP contribution in [-0.2, 0) is 0 Å². The summed E-state index contributed by atoms with van der Waals surface area (Å²) in [6, 6.07) is 6.31. The average Bonchev–Trinajstić information content (AvgIpc) is 3.01. The van der Waals surface area contributed by atoms with Crippen LogP contribution in [0.25, 0.3) is 5.69 Å². The Balaban J connectivity index is 0.00000225. The smallest absolute Gasteiger partial charge is 0.257 e. The molecule has 0 saturated carbocycles. The predicted molar refractivity (Wildman–Crippen MR) is 98.0 cm³/mol. The van der Waals surface area contributed by atoms with Gasteiger partial charge in [0.25, 0.3) is 5.91 Å². The van der Waals surface area contributed by atoms with Crippen molar-refractivity contribution in [2.24, 2.45) is 5.73 Å². The summed E-state index contributed by atoms with van der Waals surface area (Å²) in [7, 11) is 0. The van der Waals surface area contributed by atoms with Crippen molar-refractivity contribution in [1.82, 2.24) is 14.7 Å². The van der Waals surface area contributed by atoms with Gasteiger partial charge in [-0.3, -0.25) is 4.79 Å². The molecule has 0 unspecified atom stereocenters. The van der Waals surface area contributed by atoms with Crippen LogP contribution in [0.3, 0.4) is 0 Å². The molecular formula is C18H24ClFN4O. The molecule has 2 heterocycles. The highest BCUT2D eigenvalue weighted by molar-refractivity contribution is 5.95. The van der Waals surface area contributed by atoms with Crippen LogP contribution >= 0.6 is 12.4 Å². The first-order valence-corrected chi connectivity index (χ1v) is 8.36. The summed E-state index contributed by atoms with van der Waals surface area (Å²) >= 11 is 0. The molecule has 0 bridgehead atoms. The maximum Gasteiger partial charge on any atom is 0.257 e. The zero-order valence-corrected chi connectivity index (χ0v) is 15.3. The van der Waals surface area contributed by atoms with Crippen molar-refractivity contribution in [3.63, 3.8) is 0 Å². The van der Waals surface area contributed by atoms with Gasteiger partial charge in [-0.15, -0.1) is 12.4 Å². The van der Waals surface area contributed by atoms with E-state index >= 15 is 0 Å². The number of aromatic nitrogens is 2.